The quantitative estimate of drug-likeness (QED) is 0.918. The van der Waals surface area contributed by atoms with Gasteiger partial charge in [0.2, 0.25) is 0 Å². The third kappa shape index (κ3) is 4.80. The van der Waals surface area contributed by atoms with E-state index in [4.69, 9.17) is 5.11 Å². The molecule has 2 rings (SSSR count). The first-order valence-corrected chi connectivity index (χ1v) is 6.94. The molecular weight excluding hydrogens is 267 g/mol. The van der Waals surface area contributed by atoms with E-state index < -0.39 is 12.6 Å². The van der Waals surface area contributed by atoms with Crippen molar-refractivity contribution in [3.63, 3.8) is 0 Å². The fraction of sp³-hybridized carbons (Fsp3) is 0.600. The van der Waals surface area contributed by atoms with Gasteiger partial charge in [-0.1, -0.05) is 24.3 Å². The van der Waals surface area contributed by atoms with E-state index in [1.807, 2.05) is 24.3 Å². The van der Waals surface area contributed by atoms with Gasteiger partial charge in [0, 0.05) is 13.0 Å². The summed E-state index contributed by atoms with van der Waals surface area (Å²) in [5.74, 6) is -0.219. The van der Waals surface area contributed by atoms with Gasteiger partial charge in [0.25, 0.3) is 0 Å². The Morgan fingerprint density at radius 2 is 1.60 bits per heavy atom. The molecule has 0 spiro atoms. The largest absolute Gasteiger partial charge is 0.392 e. The van der Waals surface area contributed by atoms with E-state index in [9.17, 15) is 13.2 Å². The minimum atomic E-state index is -4.03. The van der Waals surface area contributed by atoms with Crippen LogP contribution in [0, 0.1) is 5.92 Å². The fourth-order valence-corrected chi connectivity index (χ4v) is 2.68. The minimum Gasteiger partial charge on any atom is -0.392 e. The molecule has 0 saturated carbocycles. The molecule has 1 aromatic rings. The summed E-state index contributed by atoms with van der Waals surface area (Å²) in [4.78, 5) is 2.20. The van der Waals surface area contributed by atoms with Crippen LogP contribution in [0.15, 0.2) is 24.3 Å². The Morgan fingerprint density at radius 1 is 1.05 bits per heavy atom. The maximum absolute atomic E-state index is 12.3. The Hall–Kier alpha value is -1.07. The molecule has 0 radical (unpaired) electrons. The normalized spacial score (nSPS) is 18.4. The monoisotopic (exact) mass is 287 g/mol. The lowest BCUT2D eigenvalue weighted by atomic mass is 9.93. The highest BCUT2D eigenvalue weighted by atomic mass is 19.4. The smallest absolute Gasteiger partial charge is 0.389 e. The summed E-state index contributed by atoms with van der Waals surface area (Å²) in [7, 11) is 0. The molecule has 2 nitrogen and oxygen atoms in total. The first kappa shape index (κ1) is 15.3. The summed E-state index contributed by atoms with van der Waals surface area (Å²) < 4.78 is 37.0. The molecule has 0 amide bonds. The van der Waals surface area contributed by atoms with Gasteiger partial charge in [-0.2, -0.15) is 13.2 Å². The van der Waals surface area contributed by atoms with Crippen LogP contribution in [-0.2, 0) is 13.2 Å². The van der Waals surface area contributed by atoms with Crippen molar-refractivity contribution in [3.8, 4) is 0 Å². The Balaban J connectivity index is 1.79. The molecule has 1 fully saturated rings. The van der Waals surface area contributed by atoms with Gasteiger partial charge >= 0.3 is 6.18 Å². The molecule has 1 aromatic carbocycles. The number of aliphatic hydroxyl groups excluding tert-OH is 1. The predicted molar refractivity (Wildman–Crippen MR) is 71.0 cm³/mol. The summed E-state index contributed by atoms with van der Waals surface area (Å²) in [6.07, 6.45) is -3.44. The molecule has 1 saturated heterocycles. The van der Waals surface area contributed by atoms with Gasteiger partial charge in [0.1, 0.15) is 0 Å². The van der Waals surface area contributed by atoms with Crippen molar-refractivity contribution in [1.29, 1.82) is 0 Å². The fourth-order valence-electron chi connectivity index (χ4n) is 2.68. The number of aliphatic hydroxyl groups is 1. The van der Waals surface area contributed by atoms with Crippen molar-refractivity contribution in [2.75, 3.05) is 13.1 Å². The van der Waals surface area contributed by atoms with Gasteiger partial charge in [-0.3, -0.25) is 4.90 Å². The highest BCUT2D eigenvalue weighted by molar-refractivity contribution is 5.21. The number of halogens is 3. The first-order chi connectivity index (χ1) is 9.46. The van der Waals surface area contributed by atoms with Crippen LogP contribution in [0.4, 0.5) is 13.2 Å². The molecule has 1 aliphatic rings. The molecule has 1 heterocycles. The average molecular weight is 287 g/mol. The number of nitrogens with zero attached hydrogens (tertiary/aromatic N) is 1. The molecule has 0 bridgehead atoms. The van der Waals surface area contributed by atoms with Gasteiger partial charge in [-0.15, -0.1) is 0 Å². The van der Waals surface area contributed by atoms with E-state index >= 15 is 0 Å². The molecular formula is C15H20F3NO. The van der Waals surface area contributed by atoms with Crippen LogP contribution < -0.4 is 0 Å². The zero-order chi connectivity index (χ0) is 14.6. The molecule has 0 aromatic heterocycles. The van der Waals surface area contributed by atoms with E-state index in [-0.39, 0.29) is 12.5 Å². The second-order valence-corrected chi connectivity index (χ2v) is 5.51. The van der Waals surface area contributed by atoms with Crippen molar-refractivity contribution >= 4 is 0 Å². The van der Waals surface area contributed by atoms with Crippen molar-refractivity contribution in [1.82, 2.24) is 4.90 Å². The number of benzene rings is 1. The second kappa shape index (κ2) is 6.59. The van der Waals surface area contributed by atoms with Crippen LogP contribution in [0.2, 0.25) is 0 Å². The summed E-state index contributed by atoms with van der Waals surface area (Å²) >= 11 is 0. The van der Waals surface area contributed by atoms with Crippen LogP contribution in [-0.4, -0.2) is 29.3 Å². The van der Waals surface area contributed by atoms with Crippen molar-refractivity contribution in [3.05, 3.63) is 35.4 Å². The van der Waals surface area contributed by atoms with Gasteiger partial charge in [0.05, 0.1) is 6.61 Å². The topological polar surface area (TPSA) is 23.5 Å². The molecule has 5 heteroatoms. The lowest BCUT2D eigenvalue weighted by Gasteiger charge is -2.32. The van der Waals surface area contributed by atoms with Crippen LogP contribution >= 0.6 is 0 Å². The van der Waals surface area contributed by atoms with Gasteiger partial charge in [-0.05, 0) is 43.0 Å². The van der Waals surface area contributed by atoms with E-state index in [2.05, 4.69) is 4.90 Å². The van der Waals surface area contributed by atoms with E-state index in [0.29, 0.717) is 12.8 Å². The molecule has 1 aliphatic heterocycles. The Bertz CT molecular complexity index is 408. The summed E-state index contributed by atoms with van der Waals surface area (Å²) in [5.41, 5.74) is 2.01. The number of hydrogen-bond donors (Lipinski definition) is 1. The zero-order valence-electron chi connectivity index (χ0n) is 11.4. The summed E-state index contributed by atoms with van der Waals surface area (Å²) in [5, 5.41) is 8.97. The van der Waals surface area contributed by atoms with Crippen molar-refractivity contribution in [2.45, 2.75) is 38.6 Å². The first-order valence-electron chi connectivity index (χ1n) is 6.94. The van der Waals surface area contributed by atoms with Crippen molar-refractivity contribution < 1.29 is 18.3 Å². The maximum Gasteiger partial charge on any atom is 0.389 e. The van der Waals surface area contributed by atoms with Crippen LogP contribution in [0.1, 0.15) is 30.4 Å². The number of likely N-dealkylation sites (tertiary alicyclic amines) is 1. The number of piperidine rings is 1. The molecule has 0 aliphatic carbocycles. The summed E-state index contributed by atoms with van der Waals surface area (Å²) in [6.45, 7) is 2.25. The lowest BCUT2D eigenvalue weighted by molar-refractivity contribution is -0.147. The Kier molecular flexibility index (Phi) is 5.05. The molecule has 0 atom stereocenters. The Labute approximate surface area is 117 Å². The average Bonchev–Trinajstić information content (AvgIpc) is 2.40. The molecule has 1 N–H and O–H groups in total. The van der Waals surface area contributed by atoms with E-state index in [1.165, 1.54) is 0 Å². The van der Waals surface area contributed by atoms with Gasteiger partial charge < -0.3 is 5.11 Å². The van der Waals surface area contributed by atoms with Crippen molar-refractivity contribution in [2.24, 2.45) is 5.92 Å². The standard InChI is InChI=1S/C15H20F3NO/c16-15(17,18)9-12-5-7-19(8-6-12)10-13-1-3-14(11-20)4-2-13/h1-4,12,20H,5-11H2. The van der Waals surface area contributed by atoms with Crippen LogP contribution in [0.3, 0.4) is 0 Å². The number of alkyl halides is 3. The Morgan fingerprint density at radius 3 is 2.10 bits per heavy atom. The molecule has 0 unspecified atom stereocenters. The SMILES string of the molecule is OCc1ccc(CN2CCC(CC(F)(F)F)CC2)cc1. The van der Waals surface area contributed by atoms with Gasteiger partial charge in [-0.25, -0.2) is 0 Å². The number of hydrogen-bond acceptors (Lipinski definition) is 2. The minimum absolute atomic E-state index is 0.0309. The maximum atomic E-state index is 12.3. The van der Waals surface area contributed by atoms with E-state index in [0.717, 1.165) is 30.8 Å². The third-order valence-corrected chi connectivity index (χ3v) is 3.84. The second-order valence-electron chi connectivity index (χ2n) is 5.51. The molecule has 112 valence electrons. The van der Waals surface area contributed by atoms with Crippen LogP contribution in [0.25, 0.3) is 0 Å². The lowest BCUT2D eigenvalue weighted by Crippen LogP contribution is -2.34. The highest BCUT2D eigenvalue weighted by Crippen LogP contribution is 2.31. The van der Waals surface area contributed by atoms with Gasteiger partial charge in [0.15, 0.2) is 0 Å². The number of rotatable bonds is 4. The zero-order valence-corrected chi connectivity index (χ0v) is 11.4. The predicted octanol–water partition coefficient (Wildman–Crippen LogP) is 3.34. The third-order valence-electron chi connectivity index (χ3n) is 3.84. The highest BCUT2D eigenvalue weighted by Gasteiger charge is 2.33. The summed E-state index contributed by atoms with van der Waals surface area (Å²) in [6, 6.07) is 7.69. The van der Waals surface area contributed by atoms with E-state index in [1.54, 1.807) is 0 Å². The molecule has 20 heavy (non-hydrogen) atoms. The van der Waals surface area contributed by atoms with Crippen LogP contribution in [0.5, 0.6) is 0 Å².